The molecule has 0 radical (unpaired) electrons. The van der Waals surface area contributed by atoms with Crippen LogP contribution in [0.2, 0.25) is 0 Å². The van der Waals surface area contributed by atoms with Crippen molar-refractivity contribution in [3.63, 3.8) is 0 Å². The summed E-state index contributed by atoms with van der Waals surface area (Å²) in [5.41, 5.74) is 4.62. The van der Waals surface area contributed by atoms with Gasteiger partial charge in [0.25, 0.3) is 0 Å². The van der Waals surface area contributed by atoms with Crippen LogP contribution in [0.15, 0.2) is 48.0 Å². The summed E-state index contributed by atoms with van der Waals surface area (Å²) >= 11 is 0. The molecule has 0 fully saturated rings. The summed E-state index contributed by atoms with van der Waals surface area (Å²) in [6, 6.07) is 14.1. The van der Waals surface area contributed by atoms with Crippen LogP contribution in [0.1, 0.15) is 29.0 Å². The molecule has 0 amide bonds. The molecule has 1 unspecified atom stereocenters. The van der Waals surface area contributed by atoms with Crippen LogP contribution in [-0.4, -0.2) is 13.1 Å². The van der Waals surface area contributed by atoms with E-state index in [0.717, 1.165) is 47.3 Å². The van der Waals surface area contributed by atoms with Crippen LogP contribution < -0.4 is 9.47 Å². The summed E-state index contributed by atoms with van der Waals surface area (Å²) in [4.78, 5) is 11.6. The number of rotatable bonds is 2. The van der Waals surface area contributed by atoms with Gasteiger partial charge < -0.3 is 14.3 Å². The molecular weight excluding hydrogens is 276 g/mol. The van der Waals surface area contributed by atoms with Gasteiger partial charge in [0.2, 0.25) is 6.79 Å². The van der Waals surface area contributed by atoms with Crippen molar-refractivity contribution < 1.29 is 14.3 Å². The molecule has 3 heteroatoms. The summed E-state index contributed by atoms with van der Waals surface area (Å²) in [7, 11) is 0. The van der Waals surface area contributed by atoms with Gasteiger partial charge in [-0.2, -0.15) is 0 Å². The fourth-order valence-electron chi connectivity index (χ4n) is 3.24. The Balaban J connectivity index is 1.71. The summed E-state index contributed by atoms with van der Waals surface area (Å²) in [6.45, 7) is 0.277. The second kappa shape index (κ2) is 5.34. The van der Waals surface area contributed by atoms with Gasteiger partial charge in [0.15, 0.2) is 11.5 Å². The van der Waals surface area contributed by atoms with Gasteiger partial charge in [0.1, 0.15) is 6.29 Å². The monoisotopic (exact) mass is 292 g/mol. The zero-order valence-corrected chi connectivity index (χ0v) is 12.1. The number of ether oxygens (including phenoxy) is 2. The first-order valence-corrected chi connectivity index (χ1v) is 7.48. The zero-order valence-electron chi connectivity index (χ0n) is 12.1. The van der Waals surface area contributed by atoms with Gasteiger partial charge in [-0.05, 0) is 41.7 Å². The zero-order chi connectivity index (χ0) is 14.9. The van der Waals surface area contributed by atoms with Crippen molar-refractivity contribution in [1.82, 2.24) is 0 Å². The Kier molecular flexibility index (Phi) is 3.19. The van der Waals surface area contributed by atoms with Gasteiger partial charge in [0.05, 0.1) is 5.92 Å². The van der Waals surface area contributed by atoms with Crippen molar-refractivity contribution in [3.05, 3.63) is 64.7 Å². The van der Waals surface area contributed by atoms with E-state index in [1.807, 2.05) is 30.3 Å². The lowest BCUT2D eigenvalue weighted by molar-refractivity contribution is -0.108. The van der Waals surface area contributed by atoms with Crippen LogP contribution in [0, 0.1) is 0 Å². The third-order valence-electron chi connectivity index (χ3n) is 4.36. The second-order valence-electron chi connectivity index (χ2n) is 5.64. The number of hydrogen-bond donors (Lipinski definition) is 0. The number of allylic oxidation sites excluding steroid dienone is 1. The molecule has 1 aliphatic carbocycles. The molecule has 1 atom stereocenters. The lowest BCUT2D eigenvalue weighted by Gasteiger charge is -2.24. The topological polar surface area (TPSA) is 35.5 Å². The largest absolute Gasteiger partial charge is 0.454 e. The molecule has 3 nitrogen and oxygen atoms in total. The molecule has 0 bridgehead atoms. The standard InChI is InChI=1S/C19H16O3/c20-11-17-15(7-6-14-3-1-2-4-16(14)17)9-13-5-8-18-19(10-13)22-12-21-18/h1-5,8-11,17H,6-7,12H2. The minimum atomic E-state index is -0.143. The Hall–Kier alpha value is -2.55. The lowest BCUT2D eigenvalue weighted by Crippen LogP contribution is -2.13. The number of hydrogen-bond acceptors (Lipinski definition) is 3. The second-order valence-corrected chi connectivity index (χ2v) is 5.64. The van der Waals surface area contributed by atoms with E-state index in [0.29, 0.717) is 0 Å². The van der Waals surface area contributed by atoms with Crippen molar-refractivity contribution in [2.24, 2.45) is 0 Å². The van der Waals surface area contributed by atoms with Gasteiger partial charge in [-0.25, -0.2) is 0 Å². The van der Waals surface area contributed by atoms with Crippen LogP contribution in [0.25, 0.3) is 6.08 Å². The molecule has 0 saturated carbocycles. The average molecular weight is 292 g/mol. The van der Waals surface area contributed by atoms with Gasteiger partial charge >= 0.3 is 0 Å². The number of fused-ring (bicyclic) bond motifs is 2. The molecule has 0 saturated heterocycles. The molecule has 110 valence electrons. The molecular formula is C19H16O3. The number of benzene rings is 2. The molecule has 2 aromatic carbocycles. The van der Waals surface area contributed by atoms with E-state index in [1.54, 1.807) is 0 Å². The van der Waals surface area contributed by atoms with E-state index < -0.39 is 0 Å². The Bertz CT molecular complexity index is 761. The molecule has 0 spiro atoms. The normalized spacial score (nSPS) is 20.7. The predicted molar refractivity (Wildman–Crippen MR) is 84.1 cm³/mol. The first kappa shape index (κ1) is 13.1. The SMILES string of the molecule is O=CC1C(=Cc2ccc3c(c2)OCO3)CCc2ccccc21. The van der Waals surface area contributed by atoms with E-state index in [2.05, 4.69) is 18.2 Å². The van der Waals surface area contributed by atoms with E-state index in [1.165, 1.54) is 5.56 Å². The molecule has 1 heterocycles. The first-order valence-electron chi connectivity index (χ1n) is 7.48. The van der Waals surface area contributed by atoms with Crippen LogP contribution in [0.5, 0.6) is 11.5 Å². The number of carbonyl (C=O) groups is 1. The van der Waals surface area contributed by atoms with E-state index in [-0.39, 0.29) is 12.7 Å². The quantitative estimate of drug-likeness (QED) is 0.791. The van der Waals surface area contributed by atoms with Crippen molar-refractivity contribution in [3.8, 4) is 11.5 Å². The summed E-state index contributed by atoms with van der Waals surface area (Å²) in [6.07, 6.45) is 5.06. The average Bonchev–Trinajstić information content (AvgIpc) is 3.02. The van der Waals surface area contributed by atoms with Crippen molar-refractivity contribution in [2.75, 3.05) is 6.79 Å². The third kappa shape index (κ3) is 2.19. The molecule has 0 N–H and O–H groups in total. The van der Waals surface area contributed by atoms with Crippen LogP contribution in [-0.2, 0) is 11.2 Å². The highest BCUT2D eigenvalue weighted by molar-refractivity contribution is 5.74. The molecule has 4 rings (SSSR count). The Morgan fingerprint density at radius 2 is 1.86 bits per heavy atom. The Labute approximate surface area is 129 Å². The molecule has 2 aliphatic rings. The lowest BCUT2D eigenvalue weighted by atomic mass is 9.79. The van der Waals surface area contributed by atoms with E-state index >= 15 is 0 Å². The highest BCUT2D eigenvalue weighted by atomic mass is 16.7. The Morgan fingerprint density at radius 1 is 1.00 bits per heavy atom. The Morgan fingerprint density at radius 3 is 2.77 bits per heavy atom. The first-order chi connectivity index (χ1) is 10.8. The molecule has 0 aromatic heterocycles. The molecule has 22 heavy (non-hydrogen) atoms. The van der Waals surface area contributed by atoms with Crippen molar-refractivity contribution in [1.29, 1.82) is 0 Å². The van der Waals surface area contributed by atoms with E-state index in [4.69, 9.17) is 9.47 Å². The molecule has 1 aliphatic heterocycles. The van der Waals surface area contributed by atoms with Crippen LogP contribution >= 0.6 is 0 Å². The van der Waals surface area contributed by atoms with Gasteiger partial charge in [-0.3, -0.25) is 0 Å². The van der Waals surface area contributed by atoms with Gasteiger partial charge in [-0.15, -0.1) is 0 Å². The summed E-state index contributed by atoms with van der Waals surface area (Å²) < 4.78 is 10.7. The van der Waals surface area contributed by atoms with Crippen molar-refractivity contribution in [2.45, 2.75) is 18.8 Å². The predicted octanol–water partition coefficient (Wildman–Crippen LogP) is 3.73. The number of aldehydes is 1. The van der Waals surface area contributed by atoms with Crippen LogP contribution in [0.4, 0.5) is 0 Å². The number of carbonyl (C=O) groups excluding carboxylic acids is 1. The van der Waals surface area contributed by atoms with Crippen molar-refractivity contribution >= 4 is 12.4 Å². The maximum absolute atomic E-state index is 11.6. The minimum Gasteiger partial charge on any atom is -0.454 e. The fraction of sp³-hybridized carbons (Fsp3) is 0.211. The summed E-state index contributed by atoms with van der Waals surface area (Å²) in [5, 5.41) is 0. The van der Waals surface area contributed by atoms with Crippen LogP contribution in [0.3, 0.4) is 0 Å². The third-order valence-corrected chi connectivity index (χ3v) is 4.36. The summed E-state index contributed by atoms with van der Waals surface area (Å²) in [5.74, 6) is 1.41. The minimum absolute atomic E-state index is 0.143. The van der Waals surface area contributed by atoms with E-state index in [9.17, 15) is 4.79 Å². The maximum Gasteiger partial charge on any atom is 0.231 e. The maximum atomic E-state index is 11.6. The smallest absolute Gasteiger partial charge is 0.231 e. The van der Waals surface area contributed by atoms with Gasteiger partial charge in [0, 0.05) is 0 Å². The molecule has 2 aromatic rings. The number of aryl methyl sites for hydroxylation is 1. The highest BCUT2D eigenvalue weighted by Crippen LogP contribution is 2.37. The van der Waals surface area contributed by atoms with Gasteiger partial charge in [-0.1, -0.05) is 42.0 Å². The fourth-order valence-corrected chi connectivity index (χ4v) is 3.24. The highest BCUT2D eigenvalue weighted by Gasteiger charge is 2.23.